The van der Waals surface area contributed by atoms with Gasteiger partial charge in [0.05, 0.1) is 5.54 Å². The van der Waals surface area contributed by atoms with Crippen LogP contribution in [0.1, 0.15) is 26.3 Å². The van der Waals surface area contributed by atoms with Crippen LogP contribution in [-0.4, -0.2) is 11.4 Å². The number of nitrogens with zero attached hydrogens (tertiary/aromatic N) is 1. The van der Waals surface area contributed by atoms with Crippen molar-refractivity contribution < 1.29 is 8.78 Å². The van der Waals surface area contributed by atoms with Gasteiger partial charge in [-0.1, -0.05) is 0 Å². The fourth-order valence-corrected chi connectivity index (χ4v) is 1.21. The Morgan fingerprint density at radius 1 is 1.19 bits per heavy atom. The van der Waals surface area contributed by atoms with Gasteiger partial charge in [-0.15, -0.1) is 0 Å². The molecule has 3 nitrogen and oxygen atoms in total. The zero-order valence-corrected chi connectivity index (χ0v) is 9.51. The van der Waals surface area contributed by atoms with Crippen LogP contribution in [0.15, 0.2) is 23.2 Å². The second-order valence-electron chi connectivity index (χ2n) is 4.43. The van der Waals surface area contributed by atoms with Gasteiger partial charge >= 0.3 is 0 Å². The van der Waals surface area contributed by atoms with Crippen molar-refractivity contribution >= 4 is 5.84 Å². The zero-order chi connectivity index (χ0) is 12.3. The van der Waals surface area contributed by atoms with E-state index in [2.05, 4.69) is 10.4 Å². The summed E-state index contributed by atoms with van der Waals surface area (Å²) in [6.07, 6.45) is 0. The topological polar surface area (TPSA) is 50.4 Å². The minimum absolute atomic E-state index is 0.255. The third kappa shape index (κ3) is 3.58. The first kappa shape index (κ1) is 12.6. The van der Waals surface area contributed by atoms with Crippen molar-refractivity contribution in [1.82, 2.24) is 5.43 Å². The van der Waals surface area contributed by atoms with Crippen LogP contribution in [-0.2, 0) is 0 Å². The largest absolute Gasteiger partial charge is 0.308 e. The number of nitrogens with two attached hydrogens (primary N) is 1. The molecule has 1 aromatic carbocycles. The van der Waals surface area contributed by atoms with Crippen molar-refractivity contribution in [2.24, 2.45) is 10.8 Å². The molecule has 0 aromatic heterocycles. The van der Waals surface area contributed by atoms with E-state index in [-0.39, 0.29) is 16.9 Å². The van der Waals surface area contributed by atoms with Gasteiger partial charge in [0.2, 0.25) is 0 Å². The lowest BCUT2D eigenvalue weighted by atomic mass is 10.1. The fraction of sp³-hybridized carbons (Fsp3) is 0.364. The Hall–Kier alpha value is -1.49. The standard InChI is InChI=1S/C11H15F2N3/c1-11(2,3)15-10(16-14)7-4-8(12)6-9(13)5-7/h4-6H,14H2,1-3H3,(H,15,16). The lowest BCUT2D eigenvalue weighted by molar-refractivity contribution is 0.575. The van der Waals surface area contributed by atoms with Gasteiger partial charge in [-0.25, -0.2) is 14.6 Å². The van der Waals surface area contributed by atoms with E-state index in [4.69, 9.17) is 5.84 Å². The van der Waals surface area contributed by atoms with Crippen LogP contribution in [0.2, 0.25) is 0 Å². The Labute approximate surface area is 93.3 Å². The zero-order valence-electron chi connectivity index (χ0n) is 9.51. The number of hydrogen-bond donors (Lipinski definition) is 2. The van der Waals surface area contributed by atoms with Crippen LogP contribution in [0.4, 0.5) is 8.78 Å². The SMILES string of the molecule is CC(C)(C)N=C(NN)c1cc(F)cc(F)c1. The molecule has 0 amide bonds. The van der Waals surface area contributed by atoms with Gasteiger partial charge in [-0.2, -0.15) is 0 Å². The van der Waals surface area contributed by atoms with Crippen LogP contribution >= 0.6 is 0 Å². The monoisotopic (exact) mass is 227 g/mol. The van der Waals surface area contributed by atoms with E-state index in [9.17, 15) is 8.78 Å². The van der Waals surface area contributed by atoms with E-state index >= 15 is 0 Å². The first-order valence-corrected chi connectivity index (χ1v) is 4.85. The Morgan fingerprint density at radius 3 is 2.06 bits per heavy atom. The molecule has 5 heteroatoms. The molecule has 0 radical (unpaired) electrons. The molecule has 0 heterocycles. The summed E-state index contributed by atoms with van der Waals surface area (Å²) < 4.78 is 26.0. The van der Waals surface area contributed by atoms with Crippen LogP contribution in [0.3, 0.4) is 0 Å². The smallest absolute Gasteiger partial charge is 0.143 e. The minimum atomic E-state index is -0.660. The first-order valence-electron chi connectivity index (χ1n) is 4.85. The average Bonchev–Trinajstić information content (AvgIpc) is 2.11. The van der Waals surface area contributed by atoms with E-state index in [1.54, 1.807) is 0 Å². The summed E-state index contributed by atoms with van der Waals surface area (Å²) >= 11 is 0. The summed E-state index contributed by atoms with van der Waals surface area (Å²) in [5.74, 6) is 4.22. The van der Waals surface area contributed by atoms with E-state index in [0.29, 0.717) is 0 Å². The molecule has 3 N–H and O–H groups in total. The number of hydrogen-bond acceptors (Lipinski definition) is 2. The van der Waals surface area contributed by atoms with Gasteiger partial charge in [-0.05, 0) is 32.9 Å². The predicted molar refractivity (Wildman–Crippen MR) is 60.0 cm³/mol. The molecule has 0 spiro atoms. The molecule has 0 bridgehead atoms. The summed E-state index contributed by atoms with van der Waals surface area (Å²) in [6.45, 7) is 5.58. The highest BCUT2D eigenvalue weighted by Crippen LogP contribution is 2.12. The van der Waals surface area contributed by atoms with E-state index in [1.165, 1.54) is 12.1 Å². The molecule has 1 rings (SSSR count). The highest BCUT2D eigenvalue weighted by atomic mass is 19.1. The maximum Gasteiger partial charge on any atom is 0.143 e. The number of hydrazine groups is 1. The normalized spacial score (nSPS) is 12.8. The number of nitrogens with one attached hydrogen (secondary N) is 1. The van der Waals surface area contributed by atoms with Gasteiger partial charge in [0.15, 0.2) is 0 Å². The molecule has 0 aliphatic heterocycles. The number of aliphatic imine (C=N–C) groups is 1. The molecule has 1 aromatic rings. The molecular weight excluding hydrogens is 212 g/mol. The molecule has 0 saturated heterocycles. The Balaban J connectivity index is 3.19. The molecular formula is C11H15F2N3. The minimum Gasteiger partial charge on any atom is -0.308 e. The summed E-state index contributed by atoms with van der Waals surface area (Å²) in [5, 5.41) is 0. The average molecular weight is 227 g/mol. The van der Waals surface area contributed by atoms with Gasteiger partial charge in [-0.3, -0.25) is 4.99 Å². The summed E-state index contributed by atoms with van der Waals surface area (Å²) in [4.78, 5) is 4.23. The van der Waals surface area contributed by atoms with E-state index in [0.717, 1.165) is 6.07 Å². The number of amidine groups is 1. The Kier molecular flexibility index (Phi) is 3.59. The van der Waals surface area contributed by atoms with E-state index in [1.807, 2.05) is 20.8 Å². The number of rotatable bonds is 1. The Bertz CT molecular complexity index is 388. The lowest BCUT2D eigenvalue weighted by Gasteiger charge is -2.15. The second kappa shape index (κ2) is 4.57. The molecule has 88 valence electrons. The van der Waals surface area contributed by atoms with Crippen molar-refractivity contribution in [3.63, 3.8) is 0 Å². The molecule has 0 fully saturated rings. The Morgan fingerprint density at radius 2 is 1.69 bits per heavy atom. The van der Waals surface area contributed by atoms with Crippen LogP contribution in [0.5, 0.6) is 0 Å². The molecule has 0 saturated carbocycles. The van der Waals surface area contributed by atoms with Crippen molar-refractivity contribution in [3.8, 4) is 0 Å². The number of halogens is 2. The van der Waals surface area contributed by atoms with E-state index < -0.39 is 11.6 Å². The third-order valence-corrected chi connectivity index (χ3v) is 1.72. The lowest BCUT2D eigenvalue weighted by Crippen LogP contribution is -2.33. The summed E-state index contributed by atoms with van der Waals surface area (Å²) in [5.41, 5.74) is 2.25. The van der Waals surface area contributed by atoms with Crippen LogP contribution < -0.4 is 11.3 Å². The highest BCUT2D eigenvalue weighted by molar-refractivity contribution is 5.98. The van der Waals surface area contributed by atoms with Gasteiger partial charge in [0, 0.05) is 11.6 Å². The third-order valence-electron chi connectivity index (χ3n) is 1.72. The summed E-state index contributed by atoms with van der Waals surface area (Å²) in [6, 6.07) is 3.15. The molecule has 0 aliphatic carbocycles. The van der Waals surface area contributed by atoms with Gasteiger partial charge in [0.25, 0.3) is 0 Å². The maximum atomic E-state index is 13.0. The number of benzene rings is 1. The maximum absolute atomic E-state index is 13.0. The molecule has 0 atom stereocenters. The molecule has 0 aliphatic rings. The predicted octanol–water partition coefficient (Wildman–Crippen LogP) is 1.97. The molecule has 16 heavy (non-hydrogen) atoms. The molecule has 0 unspecified atom stereocenters. The second-order valence-corrected chi connectivity index (χ2v) is 4.43. The fourth-order valence-electron chi connectivity index (χ4n) is 1.21. The van der Waals surface area contributed by atoms with Crippen molar-refractivity contribution in [1.29, 1.82) is 0 Å². The van der Waals surface area contributed by atoms with Crippen molar-refractivity contribution in [2.45, 2.75) is 26.3 Å². The van der Waals surface area contributed by atoms with Crippen molar-refractivity contribution in [3.05, 3.63) is 35.4 Å². The van der Waals surface area contributed by atoms with Crippen LogP contribution in [0.25, 0.3) is 0 Å². The van der Waals surface area contributed by atoms with Gasteiger partial charge < -0.3 is 5.43 Å². The highest BCUT2D eigenvalue weighted by Gasteiger charge is 2.12. The quantitative estimate of drug-likeness (QED) is 0.333. The summed E-state index contributed by atoms with van der Waals surface area (Å²) in [7, 11) is 0. The first-order chi connectivity index (χ1) is 7.31. The van der Waals surface area contributed by atoms with Gasteiger partial charge in [0.1, 0.15) is 17.5 Å². The van der Waals surface area contributed by atoms with Crippen molar-refractivity contribution in [2.75, 3.05) is 0 Å². The van der Waals surface area contributed by atoms with Crippen LogP contribution in [0, 0.1) is 11.6 Å².